The number of nitrogens with zero attached hydrogens (tertiary/aromatic N) is 1. The fourth-order valence-electron chi connectivity index (χ4n) is 2.15. The number of fused-ring (bicyclic) bond motifs is 3. The van der Waals surface area contributed by atoms with Crippen molar-refractivity contribution >= 4 is 39.0 Å². The standard InChI is InChI=1S/C13H7ClN2O3/c14-10-3-1-2-9-8-5-4-7(16(18)19)6-11(8)15-13(17)12(9)10/h1-6H,(H,15,17). The summed E-state index contributed by atoms with van der Waals surface area (Å²) in [5.74, 6) is 0. The largest absolute Gasteiger partial charge is 0.321 e. The Morgan fingerprint density at radius 3 is 2.68 bits per heavy atom. The van der Waals surface area contributed by atoms with Crippen LogP contribution in [-0.4, -0.2) is 9.91 Å². The molecule has 3 aromatic rings. The molecule has 0 saturated heterocycles. The number of halogens is 1. The molecule has 19 heavy (non-hydrogen) atoms. The van der Waals surface area contributed by atoms with Gasteiger partial charge in [-0.15, -0.1) is 0 Å². The third kappa shape index (κ3) is 1.75. The lowest BCUT2D eigenvalue weighted by molar-refractivity contribution is -0.384. The second-order valence-electron chi connectivity index (χ2n) is 4.10. The molecular weight excluding hydrogens is 268 g/mol. The van der Waals surface area contributed by atoms with Crippen LogP contribution in [0.5, 0.6) is 0 Å². The van der Waals surface area contributed by atoms with E-state index < -0.39 is 4.92 Å². The molecule has 2 aromatic carbocycles. The van der Waals surface area contributed by atoms with Crippen LogP contribution in [0.2, 0.25) is 5.02 Å². The highest BCUT2D eigenvalue weighted by molar-refractivity contribution is 6.36. The van der Waals surface area contributed by atoms with Gasteiger partial charge in [-0.05, 0) is 17.5 Å². The van der Waals surface area contributed by atoms with E-state index in [1.807, 2.05) is 0 Å². The number of benzene rings is 2. The molecule has 6 heteroatoms. The SMILES string of the molecule is O=c1[nH]c2cc([N+](=O)[O-])ccc2c2cccc(Cl)c12. The zero-order chi connectivity index (χ0) is 13.6. The second-order valence-corrected chi connectivity index (χ2v) is 4.51. The number of nitrogens with one attached hydrogen (secondary N) is 1. The molecule has 0 bridgehead atoms. The van der Waals surface area contributed by atoms with Crippen LogP contribution in [-0.2, 0) is 0 Å². The van der Waals surface area contributed by atoms with Gasteiger partial charge < -0.3 is 4.98 Å². The highest BCUT2D eigenvalue weighted by atomic mass is 35.5. The van der Waals surface area contributed by atoms with Gasteiger partial charge >= 0.3 is 0 Å². The minimum absolute atomic E-state index is 0.0653. The van der Waals surface area contributed by atoms with Crippen LogP contribution in [0.4, 0.5) is 5.69 Å². The minimum atomic E-state index is -0.500. The van der Waals surface area contributed by atoms with Gasteiger partial charge in [0.25, 0.3) is 11.2 Å². The van der Waals surface area contributed by atoms with Crippen LogP contribution in [0.3, 0.4) is 0 Å². The van der Waals surface area contributed by atoms with Gasteiger partial charge in [0, 0.05) is 17.5 Å². The van der Waals surface area contributed by atoms with Gasteiger partial charge in [0.15, 0.2) is 0 Å². The summed E-state index contributed by atoms with van der Waals surface area (Å²) in [5, 5.41) is 12.9. The first kappa shape index (κ1) is 11.7. The summed E-state index contributed by atoms with van der Waals surface area (Å²) in [4.78, 5) is 24.8. The van der Waals surface area contributed by atoms with Gasteiger partial charge in [0.2, 0.25) is 0 Å². The van der Waals surface area contributed by atoms with Gasteiger partial charge in [-0.25, -0.2) is 0 Å². The lowest BCUT2D eigenvalue weighted by Crippen LogP contribution is -2.07. The molecule has 3 rings (SSSR count). The van der Waals surface area contributed by atoms with E-state index in [0.29, 0.717) is 21.3 Å². The van der Waals surface area contributed by atoms with Crippen molar-refractivity contribution in [2.75, 3.05) is 0 Å². The minimum Gasteiger partial charge on any atom is -0.321 e. The number of hydrogen-bond donors (Lipinski definition) is 1. The number of nitro groups is 1. The normalized spacial score (nSPS) is 11.0. The average molecular weight is 275 g/mol. The Bertz CT molecular complexity index is 886. The number of hydrogen-bond acceptors (Lipinski definition) is 3. The van der Waals surface area contributed by atoms with Crippen molar-refractivity contribution in [3.8, 4) is 0 Å². The summed E-state index contributed by atoms with van der Waals surface area (Å²) in [6.07, 6.45) is 0. The van der Waals surface area contributed by atoms with Crippen molar-refractivity contribution in [3.05, 3.63) is 61.9 Å². The molecule has 0 saturated carbocycles. The zero-order valence-electron chi connectivity index (χ0n) is 9.51. The van der Waals surface area contributed by atoms with Crippen molar-refractivity contribution < 1.29 is 4.92 Å². The monoisotopic (exact) mass is 274 g/mol. The lowest BCUT2D eigenvalue weighted by atomic mass is 10.1. The number of rotatable bonds is 1. The molecule has 0 aliphatic heterocycles. The van der Waals surface area contributed by atoms with Crippen molar-refractivity contribution in [1.29, 1.82) is 0 Å². The molecule has 0 unspecified atom stereocenters. The number of nitro benzene ring substituents is 1. The molecule has 0 fully saturated rings. The molecule has 0 aliphatic rings. The number of H-pyrrole nitrogens is 1. The number of aromatic nitrogens is 1. The summed E-state index contributed by atoms with van der Waals surface area (Å²) >= 11 is 6.02. The smallest absolute Gasteiger partial charge is 0.271 e. The van der Waals surface area contributed by atoms with E-state index in [9.17, 15) is 14.9 Å². The molecule has 94 valence electrons. The van der Waals surface area contributed by atoms with Crippen LogP contribution in [0.1, 0.15) is 0 Å². The van der Waals surface area contributed by atoms with Crippen LogP contribution < -0.4 is 5.56 Å². The van der Waals surface area contributed by atoms with Crippen molar-refractivity contribution in [2.24, 2.45) is 0 Å². The molecule has 0 amide bonds. The number of aromatic amines is 1. The first-order chi connectivity index (χ1) is 9.08. The lowest BCUT2D eigenvalue weighted by Gasteiger charge is -2.04. The van der Waals surface area contributed by atoms with Crippen molar-refractivity contribution in [3.63, 3.8) is 0 Å². The second kappa shape index (κ2) is 4.07. The van der Waals surface area contributed by atoms with E-state index in [0.717, 1.165) is 5.39 Å². The fraction of sp³-hybridized carbons (Fsp3) is 0. The maximum absolute atomic E-state index is 12.0. The molecule has 0 atom stereocenters. The van der Waals surface area contributed by atoms with Crippen molar-refractivity contribution in [1.82, 2.24) is 4.98 Å². The maximum Gasteiger partial charge on any atom is 0.271 e. The topological polar surface area (TPSA) is 76.0 Å². The first-order valence-electron chi connectivity index (χ1n) is 5.46. The highest BCUT2D eigenvalue weighted by Gasteiger charge is 2.11. The van der Waals surface area contributed by atoms with Gasteiger partial charge in [-0.3, -0.25) is 14.9 Å². The van der Waals surface area contributed by atoms with Gasteiger partial charge in [-0.1, -0.05) is 23.7 Å². The Hall–Kier alpha value is -2.40. The Morgan fingerprint density at radius 1 is 1.16 bits per heavy atom. The number of pyridine rings is 1. The molecule has 5 nitrogen and oxygen atoms in total. The molecule has 1 aromatic heterocycles. The van der Waals surface area contributed by atoms with Gasteiger partial charge in [0.05, 0.1) is 20.8 Å². The summed E-state index contributed by atoms with van der Waals surface area (Å²) in [6.45, 7) is 0. The van der Waals surface area contributed by atoms with Gasteiger partial charge in [0.1, 0.15) is 0 Å². The van der Waals surface area contributed by atoms with Crippen LogP contribution in [0.25, 0.3) is 21.7 Å². The summed E-state index contributed by atoms with van der Waals surface area (Å²) in [5.41, 5.74) is 0.00657. The Kier molecular flexibility index (Phi) is 2.50. The summed E-state index contributed by atoms with van der Waals surface area (Å²) in [6, 6.07) is 9.51. The predicted molar refractivity (Wildman–Crippen MR) is 73.7 cm³/mol. The maximum atomic E-state index is 12.0. The van der Waals surface area contributed by atoms with E-state index >= 15 is 0 Å². The molecule has 0 aliphatic carbocycles. The number of non-ortho nitro benzene ring substituents is 1. The third-order valence-electron chi connectivity index (χ3n) is 2.99. The third-order valence-corrected chi connectivity index (χ3v) is 3.31. The Labute approximate surface area is 111 Å². The van der Waals surface area contributed by atoms with E-state index in [1.165, 1.54) is 12.1 Å². The van der Waals surface area contributed by atoms with E-state index in [2.05, 4.69) is 4.98 Å². The van der Waals surface area contributed by atoms with Crippen LogP contribution >= 0.6 is 11.6 Å². The molecule has 0 spiro atoms. The van der Waals surface area contributed by atoms with Gasteiger partial charge in [-0.2, -0.15) is 0 Å². The summed E-state index contributed by atoms with van der Waals surface area (Å²) < 4.78 is 0. The molecular formula is C13H7ClN2O3. The van der Waals surface area contributed by atoms with E-state index in [-0.39, 0.29) is 11.2 Å². The average Bonchev–Trinajstić information content (AvgIpc) is 2.38. The summed E-state index contributed by atoms with van der Waals surface area (Å²) in [7, 11) is 0. The molecule has 1 heterocycles. The predicted octanol–water partition coefficient (Wildman–Crippen LogP) is 3.24. The Balaban J connectivity index is 2.52. The van der Waals surface area contributed by atoms with E-state index in [4.69, 9.17) is 11.6 Å². The fourth-order valence-corrected chi connectivity index (χ4v) is 2.41. The van der Waals surface area contributed by atoms with E-state index in [1.54, 1.807) is 24.3 Å². The van der Waals surface area contributed by atoms with Crippen LogP contribution in [0, 0.1) is 10.1 Å². The van der Waals surface area contributed by atoms with Crippen LogP contribution in [0.15, 0.2) is 41.2 Å². The Morgan fingerprint density at radius 2 is 1.95 bits per heavy atom. The highest BCUT2D eigenvalue weighted by Crippen LogP contribution is 2.28. The zero-order valence-corrected chi connectivity index (χ0v) is 10.3. The van der Waals surface area contributed by atoms with Crippen molar-refractivity contribution in [2.45, 2.75) is 0 Å². The molecule has 0 radical (unpaired) electrons. The first-order valence-corrected chi connectivity index (χ1v) is 5.84. The quantitative estimate of drug-likeness (QED) is 0.420. The molecule has 1 N–H and O–H groups in total.